The molecule has 234 valence electrons. The highest BCUT2D eigenvalue weighted by molar-refractivity contribution is 6.73. The zero-order chi connectivity index (χ0) is 30.0. The Hall–Kier alpha value is -0.483. The molecule has 2 fully saturated rings. The molecule has 0 radical (unpaired) electrons. The summed E-state index contributed by atoms with van der Waals surface area (Å²) in [5.41, 5.74) is 2.54. The monoisotopic (exact) mass is 575 g/mol. The molecule has 0 aliphatic heterocycles. The summed E-state index contributed by atoms with van der Waals surface area (Å²) in [6, 6.07) is 4.54. The third-order valence-corrected chi connectivity index (χ3v) is 16.0. The Bertz CT molecular complexity index is 741. The first-order valence-corrected chi connectivity index (χ1v) is 20.2. The van der Waals surface area contributed by atoms with Gasteiger partial charge < -0.3 is 4.43 Å². The molecule has 3 nitrogen and oxygen atoms in total. The van der Waals surface area contributed by atoms with E-state index in [1.54, 1.807) is 0 Å². The number of hydrogen-bond donors (Lipinski definition) is 0. The van der Waals surface area contributed by atoms with Crippen molar-refractivity contribution in [2.75, 3.05) is 6.61 Å². The van der Waals surface area contributed by atoms with Crippen molar-refractivity contribution >= 4 is 19.7 Å². The van der Waals surface area contributed by atoms with Crippen LogP contribution in [0.2, 0.25) is 18.1 Å². The molecule has 0 aromatic carbocycles. The van der Waals surface area contributed by atoms with Crippen molar-refractivity contribution in [3.05, 3.63) is 0 Å². The highest BCUT2D eigenvalue weighted by Crippen LogP contribution is 2.41. The topological polar surface area (TPSA) is 34.0 Å². The lowest BCUT2D eigenvalue weighted by atomic mass is 9.68. The van der Waals surface area contributed by atoms with E-state index in [-0.39, 0.29) is 0 Å². The van der Waals surface area contributed by atoms with Gasteiger partial charge in [0.2, 0.25) is 0 Å². The molecule has 4 unspecified atom stereocenters. The minimum atomic E-state index is -1.56. The normalized spacial score (nSPS) is 29.3. The fourth-order valence-corrected chi connectivity index (χ4v) is 10.9. The van der Waals surface area contributed by atoms with Gasteiger partial charge in [0.05, 0.1) is 23.5 Å². The Morgan fingerprint density at radius 3 is 1.38 bits per heavy atom. The SMILES string of the molecule is CC[Si](CC)(CC)OCCCC(=NC1C(C(C)C)CCCC1C(C)C)C(C)=NC1C(C(C)C)CCCC1C(C)C. The van der Waals surface area contributed by atoms with Crippen molar-refractivity contribution in [3.63, 3.8) is 0 Å². The Morgan fingerprint density at radius 2 is 1.02 bits per heavy atom. The number of hydrogen-bond acceptors (Lipinski definition) is 3. The minimum Gasteiger partial charge on any atom is -0.417 e. The van der Waals surface area contributed by atoms with Gasteiger partial charge in [-0.05, 0) is 111 Å². The maximum Gasteiger partial charge on any atom is 0.191 e. The molecule has 0 aromatic rings. The molecule has 0 saturated heterocycles. The smallest absolute Gasteiger partial charge is 0.191 e. The van der Waals surface area contributed by atoms with E-state index in [1.807, 2.05) is 0 Å². The van der Waals surface area contributed by atoms with Crippen LogP contribution in [0, 0.1) is 47.3 Å². The van der Waals surface area contributed by atoms with Crippen molar-refractivity contribution in [3.8, 4) is 0 Å². The summed E-state index contributed by atoms with van der Waals surface area (Å²) in [5.74, 6) is 5.46. The van der Waals surface area contributed by atoms with Crippen LogP contribution in [0.5, 0.6) is 0 Å². The number of nitrogens with zero attached hydrogens (tertiary/aromatic N) is 2. The summed E-state index contributed by atoms with van der Waals surface area (Å²) in [4.78, 5) is 11.5. The van der Waals surface area contributed by atoms with Crippen molar-refractivity contribution < 1.29 is 4.43 Å². The molecule has 4 heteroatoms. The molecule has 0 bridgehead atoms. The van der Waals surface area contributed by atoms with E-state index in [9.17, 15) is 0 Å². The third kappa shape index (κ3) is 9.51. The Morgan fingerprint density at radius 1 is 0.650 bits per heavy atom. The molecule has 0 aromatic heterocycles. The zero-order valence-electron chi connectivity index (χ0n) is 29.1. The first kappa shape index (κ1) is 35.7. The lowest BCUT2D eigenvalue weighted by molar-refractivity contribution is 0.142. The van der Waals surface area contributed by atoms with Gasteiger partial charge in [-0.25, -0.2) is 0 Å². The van der Waals surface area contributed by atoms with Gasteiger partial charge in [-0.3, -0.25) is 9.98 Å². The molecule has 4 atom stereocenters. The maximum atomic E-state index is 6.71. The highest BCUT2D eigenvalue weighted by Gasteiger charge is 2.38. The lowest BCUT2D eigenvalue weighted by Gasteiger charge is -2.41. The van der Waals surface area contributed by atoms with E-state index >= 15 is 0 Å². The second kappa shape index (κ2) is 17.0. The van der Waals surface area contributed by atoms with Gasteiger partial charge >= 0.3 is 0 Å². The standard InChI is InChI=1S/C36H70N2OSi/c1-13-40(14-2,15-3)39-24-18-23-34(38-36-32(27(8)9)21-17-22-33(36)28(10)11)29(12)37-35-30(25(4)5)19-16-20-31(35)26(6)7/h25-28,30-33,35-36H,13-24H2,1-12H3. The second-order valence-electron chi connectivity index (χ2n) is 15.0. The molecule has 0 N–H and O–H groups in total. The summed E-state index contributed by atoms with van der Waals surface area (Å²) in [7, 11) is -1.56. The van der Waals surface area contributed by atoms with Crippen molar-refractivity contribution in [2.45, 2.75) is 165 Å². The predicted molar refractivity (Wildman–Crippen MR) is 182 cm³/mol. The van der Waals surface area contributed by atoms with Gasteiger partial charge in [-0.15, -0.1) is 0 Å². The van der Waals surface area contributed by atoms with Crippen LogP contribution in [-0.4, -0.2) is 38.4 Å². The summed E-state index contributed by atoms with van der Waals surface area (Å²) < 4.78 is 6.71. The van der Waals surface area contributed by atoms with E-state index in [2.05, 4.69) is 83.1 Å². The van der Waals surface area contributed by atoms with E-state index in [0.717, 1.165) is 19.4 Å². The molecule has 0 amide bonds. The quantitative estimate of drug-likeness (QED) is 0.109. The molecule has 2 rings (SSSR count). The fraction of sp³-hybridized carbons (Fsp3) is 0.944. The molecule has 40 heavy (non-hydrogen) atoms. The summed E-state index contributed by atoms with van der Waals surface area (Å²) in [5, 5.41) is 0. The average molecular weight is 575 g/mol. The average Bonchev–Trinajstić information content (AvgIpc) is 2.92. The third-order valence-electron chi connectivity index (χ3n) is 11.3. The van der Waals surface area contributed by atoms with Gasteiger partial charge in [0.1, 0.15) is 0 Å². The van der Waals surface area contributed by atoms with Crippen molar-refractivity contribution in [1.29, 1.82) is 0 Å². The van der Waals surface area contributed by atoms with Crippen LogP contribution in [-0.2, 0) is 4.43 Å². The highest BCUT2D eigenvalue weighted by atomic mass is 28.4. The Balaban J connectivity index is 2.46. The van der Waals surface area contributed by atoms with Crippen LogP contribution in [0.1, 0.15) is 134 Å². The molecule has 2 saturated carbocycles. The van der Waals surface area contributed by atoms with E-state index < -0.39 is 8.32 Å². The Kier molecular flexibility index (Phi) is 15.2. The summed E-state index contributed by atoms with van der Waals surface area (Å²) in [6.07, 6.45) is 10.1. The predicted octanol–water partition coefficient (Wildman–Crippen LogP) is 10.9. The van der Waals surface area contributed by atoms with Crippen LogP contribution in [0.3, 0.4) is 0 Å². The van der Waals surface area contributed by atoms with Crippen LogP contribution < -0.4 is 0 Å². The van der Waals surface area contributed by atoms with E-state index in [1.165, 1.54) is 68.1 Å². The summed E-state index contributed by atoms with van der Waals surface area (Å²) >= 11 is 0. The number of aliphatic imine (C=N–C) groups is 2. The molecule has 0 spiro atoms. The van der Waals surface area contributed by atoms with Crippen LogP contribution in [0.25, 0.3) is 0 Å². The van der Waals surface area contributed by atoms with Crippen LogP contribution >= 0.6 is 0 Å². The van der Waals surface area contributed by atoms with Crippen LogP contribution in [0.4, 0.5) is 0 Å². The lowest BCUT2D eigenvalue weighted by Crippen LogP contribution is -2.40. The van der Waals surface area contributed by atoms with Crippen LogP contribution in [0.15, 0.2) is 9.98 Å². The molecular formula is C36H70N2OSi. The fourth-order valence-electron chi connectivity index (χ4n) is 8.19. The van der Waals surface area contributed by atoms with E-state index in [4.69, 9.17) is 14.4 Å². The van der Waals surface area contributed by atoms with Gasteiger partial charge in [0.15, 0.2) is 8.32 Å². The summed E-state index contributed by atoms with van der Waals surface area (Å²) in [6.45, 7) is 29.6. The van der Waals surface area contributed by atoms with E-state index in [0.29, 0.717) is 59.4 Å². The van der Waals surface area contributed by atoms with Gasteiger partial charge in [-0.1, -0.05) is 89.0 Å². The first-order chi connectivity index (χ1) is 18.9. The molecule has 2 aliphatic rings. The van der Waals surface area contributed by atoms with Gasteiger partial charge in [0, 0.05) is 6.61 Å². The van der Waals surface area contributed by atoms with Crippen molar-refractivity contribution in [2.24, 2.45) is 57.3 Å². The first-order valence-electron chi connectivity index (χ1n) is 17.7. The largest absolute Gasteiger partial charge is 0.417 e. The zero-order valence-corrected chi connectivity index (χ0v) is 30.1. The minimum absolute atomic E-state index is 0.429. The van der Waals surface area contributed by atoms with Gasteiger partial charge in [0.25, 0.3) is 0 Å². The van der Waals surface area contributed by atoms with Crippen molar-refractivity contribution in [1.82, 2.24) is 0 Å². The maximum absolute atomic E-state index is 6.71. The number of rotatable bonds is 15. The van der Waals surface area contributed by atoms with Gasteiger partial charge in [-0.2, -0.15) is 0 Å². The molecular weight excluding hydrogens is 504 g/mol. The Labute approximate surface area is 252 Å². The second-order valence-corrected chi connectivity index (χ2v) is 19.7. The molecule has 0 heterocycles. The molecule has 2 aliphatic carbocycles.